The number of para-hydroxylation sites is 1. The van der Waals surface area contributed by atoms with Gasteiger partial charge >= 0.3 is 0 Å². The lowest BCUT2D eigenvalue weighted by molar-refractivity contribution is 0.0770. The van der Waals surface area contributed by atoms with Gasteiger partial charge < -0.3 is 15.5 Å². The number of hydrogen-bond donors (Lipinski definition) is 1. The zero-order valence-electron chi connectivity index (χ0n) is 14.0. The topological polar surface area (TPSA) is 80.3 Å². The number of carbonyl (C=O) groups is 1. The molecule has 0 bridgehead atoms. The van der Waals surface area contributed by atoms with Crippen LogP contribution in [0.1, 0.15) is 16.9 Å². The molecule has 1 atom stereocenters. The Labute approximate surface area is 142 Å². The minimum atomic E-state index is -0.0866. The number of nitrogens with zero attached hydrogens (tertiary/aromatic N) is 5. The van der Waals surface area contributed by atoms with E-state index in [1.807, 2.05) is 13.1 Å². The summed E-state index contributed by atoms with van der Waals surface area (Å²) in [5.41, 5.74) is 7.11. The Bertz CT molecular complexity index is 671. The summed E-state index contributed by atoms with van der Waals surface area (Å²) in [4.78, 5) is 16.6. The maximum absolute atomic E-state index is 12.5. The lowest BCUT2D eigenvalue weighted by Gasteiger charge is -2.22. The summed E-state index contributed by atoms with van der Waals surface area (Å²) in [7, 11) is 1.83. The van der Waals surface area contributed by atoms with Crippen molar-refractivity contribution < 1.29 is 4.79 Å². The molecule has 24 heavy (non-hydrogen) atoms. The number of hydrogen-bond acceptors (Lipinski definition) is 5. The fourth-order valence-corrected chi connectivity index (χ4v) is 3.16. The van der Waals surface area contributed by atoms with Gasteiger partial charge in [0.25, 0.3) is 5.91 Å². The van der Waals surface area contributed by atoms with Crippen molar-refractivity contribution in [3.63, 3.8) is 0 Å². The van der Waals surface area contributed by atoms with Crippen LogP contribution in [0.4, 0.5) is 5.69 Å². The summed E-state index contributed by atoms with van der Waals surface area (Å²) in [6, 6.07) is 10.4. The zero-order valence-corrected chi connectivity index (χ0v) is 14.0. The van der Waals surface area contributed by atoms with Crippen molar-refractivity contribution in [1.82, 2.24) is 19.9 Å². The molecule has 2 aromatic rings. The molecule has 0 spiro atoms. The van der Waals surface area contributed by atoms with Crippen molar-refractivity contribution in [2.75, 3.05) is 38.1 Å². The van der Waals surface area contributed by atoms with Crippen molar-refractivity contribution in [2.24, 2.45) is 11.7 Å². The molecule has 0 radical (unpaired) electrons. The number of nitrogens with two attached hydrogens (primary N) is 1. The number of benzene rings is 1. The molecule has 1 aromatic heterocycles. The molecule has 2 N–H and O–H groups in total. The molecule has 128 valence electrons. The summed E-state index contributed by atoms with van der Waals surface area (Å²) in [5.74, 6) is 0.384. The van der Waals surface area contributed by atoms with Crippen LogP contribution in [0.25, 0.3) is 0 Å². The third-order valence-corrected chi connectivity index (χ3v) is 4.40. The third kappa shape index (κ3) is 3.73. The number of aromatic nitrogens is 3. The molecule has 1 fully saturated rings. The van der Waals surface area contributed by atoms with Gasteiger partial charge in [-0.15, -0.1) is 5.10 Å². The van der Waals surface area contributed by atoms with E-state index in [0.29, 0.717) is 24.7 Å². The highest BCUT2D eigenvalue weighted by Crippen LogP contribution is 2.24. The maximum Gasteiger partial charge on any atom is 0.275 e. The van der Waals surface area contributed by atoms with Gasteiger partial charge in [-0.25, -0.2) is 0 Å². The van der Waals surface area contributed by atoms with Crippen LogP contribution in [0, 0.1) is 5.92 Å². The molecule has 7 heteroatoms. The van der Waals surface area contributed by atoms with E-state index in [9.17, 15) is 4.79 Å². The van der Waals surface area contributed by atoms with E-state index < -0.39 is 0 Å². The highest BCUT2D eigenvalue weighted by Gasteiger charge is 2.26. The second-order valence-corrected chi connectivity index (χ2v) is 6.28. The first kappa shape index (κ1) is 16.4. The second-order valence-electron chi connectivity index (χ2n) is 6.28. The summed E-state index contributed by atoms with van der Waals surface area (Å²) >= 11 is 0. The first-order valence-corrected chi connectivity index (χ1v) is 8.33. The van der Waals surface area contributed by atoms with Gasteiger partial charge in [0.2, 0.25) is 0 Å². The predicted octanol–water partition coefficient (Wildman–Crippen LogP) is 0.835. The van der Waals surface area contributed by atoms with E-state index in [1.54, 1.807) is 15.8 Å². The number of amides is 1. The van der Waals surface area contributed by atoms with Crippen molar-refractivity contribution in [3.05, 3.63) is 42.2 Å². The molecule has 1 amide bonds. The van der Waals surface area contributed by atoms with E-state index in [0.717, 1.165) is 26.1 Å². The van der Waals surface area contributed by atoms with Gasteiger partial charge in [0, 0.05) is 38.9 Å². The van der Waals surface area contributed by atoms with Gasteiger partial charge in [0.1, 0.15) is 0 Å². The second kappa shape index (κ2) is 7.44. The van der Waals surface area contributed by atoms with Gasteiger partial charge in [0.15, 0.2) is 5.69 Å². The van der Waals surface area contributed by atoms with E-state index in [-0.39, 0.29) is 5.91 Å². The normalized spacial score (nSPS) is 17.2. The molecule has 2 heterocycles. The third-order valence-electron chi connectivity index (χ3n) is 4.40. The van der Waals surface area contributed by atoms with Crippen molar-refractivity contribution >= 4 is 11.6 Å². The van der Waals surface area contributed by atoms with Crippen molar-refractivity contribution in [3.8, 4) is 0 Å². The summed E-state index contributed by atoms with van der Waals surface area (Å²) < 4.78 is 1.60. The predicted molar refractivity (Wildman–Crippen MR) is 92.8 cm³/mol. The molecular formula is C17H24N6O. The van der Waals surface area contributed by atoms with Crippen LogP contribution in [-0.4, -0.2) is 59.0 Å². The molecule has 3 rings (SSSR count). The SMILES string of the molecule is CN(C[C@@H]1CCN(c2ccccc2)C1)C(=O)c1cn(CCN)nn1. The van der Waals surface area contributed by atoms with E-state index in [4.69, 9.17) is 5.73 Å². The van der Waals surface area contributed by atoms with Crippen LogP contribution in [0.5, 0.6) is 0 Å². The van der Waals surface area contributed by atoms with Crippen molar-refractivity contribution in [1.29, 1.82) is 0 Å². The van der Waals surface area contributed by atoms with Crippen LogP contribution < -0.4 is 10.6 Å². The van der Waals surface area contributed by atoms with Crippen molar-refractivity contribution in [2.45, 2.75) is 13.0 Å². The lowest BCUT2D eigenvalue weighted by Crippen LogP contribution is -2.33. The standard InChI is InChI=1S/C17H24N6O/c1-21(17(24)16-13-23(10-8-18)20-19-16)11-14-7-9-22(12-14)15-5-3-2-4-6-15/h2-6,13-14H,7-12,18H2,1H3/t14-/m0/s1. The van der Waals surface area contributed by atoms with E-state index in [1.165, 1.54) is 5.69 Å². The molecule has 0 saturated carbocycles. The number of anilines is 1. The Hall–Kier alpha value is -2.41. The summed E-state index contributed by atoms with van der Waals surface area (Å²) in [5, 5.41) is 7.87. The first-order chi connectivity index (χ1) is 11.7. The quantitative estimate of drug-likeness (QED) is 0.850. The first-order valence-electron chi connectivity index (χ1n) is 8.33. The minimum absolute atomic E-state index is 0.0866. The molecule has 1 aliphatic rings. The molecular weight excluding hydrogens is 304 g/mol. The maximum atomic E-state index is 12.5. The fourth-order valence-electron chi connectivity index (χ4n) is 3.16. The van der Waals surface area contributed by atoms with Gasteiger partial charge in [0.05, 0.1) is 12.7 Å². The molecule has 1 saturated heterocycles. The minimum Gasteiger partial charge on any atom is -0.371 e. The fraction of sp³-hybridized carbons (Fsp3) is 0.471. The van der Waals surface area contributed by atoms with E-state index in [2.05, 4.69) is 39.5 Å². The Balaban J connectivity index is 1.55. The number of rotatable bonds is 6. The zero-order chi connectivity index (χ0) is 16.9. The lowest BCUT2D eigenvalue weighted by atomic mass is 10.1. The highest BCUT2D eigenvalue weighted by atomic mass is 16.2. The van der Waals surface area contributed by atoms with Crippen LogP contribution in [0.3, 0.4) is 0 Å². The molecule has 1 aromatic carbocycles. The van der Waals surface area contributed by atoms with Gasteiger partial charge in [-0.05, 0) is 24.5 Å². The Morgan fingerprint density at radius 1 is 1.38 bits per heavy atom. The summed E-state index contributed by atoms with van der Waals surface area (Å²) in [6.45, 7) is 3.78. The average Bonchev–Trinajstić information content (AvgIpc) is 3.25. The monoisotopic (exact) mass is 328 g/mol. The average molecular weight is 328 g/mol. The van der Waals surface area contributed by atoms with Gasteiger partial charge in [-0.3, -0.25) is 9.48 Å². The van der Waals surface area contributed by atoms with Crippen LogP contribution >= 0.6 is 0 Å². The Morgan fingerprint density at radius 3 is 2.92 bits per heavy atom. The smallest absolute Gasteiger partial charge is 0.275 e. The Kier molecular flexibility index (Phi) is 5.10. The van der Waals surface area contributed by atoms with E-state index >= 15 is 0 Å². The van der Waals surface area contributed by atoms with Gasteiger partial charge in [-0.2, -0.15) is 0 Å². The van der Waals surface area contributed by atoms with Crippen LogP contribution in [0.15, 0.2) is 36.5 Å². The summed E-state index contributed by atoms with van der Waals surface area (Å²) in [6.07, 6.45) is 2.75. The highest BCUT2D eigenvalue weighted by molar-refractivity contribution is 5.91. The van der Waals surface area contributed by atoms with Crippen LogP contribution in [-0.2, 0) is 6.54 Å². The molecule has 0 aliphatic carbocycles. The van der Waals surface area contributed by atoms with Gasteiger partial charge in [-0.1, -0.05) is 23.4 Å². The molecule has 1 aliphatic heterocycles. The van der Waals surface area contributed by atoms with Crippen LogP contribution in [0.2, 0.25) is 0 Å². The number of carbonyl (C=O) groups excluding carboxylic acids is 1. The Morgan fingerprint density at radius 2 is 2.17 bits per heavy atom. The largest absolute Gasteiger partial charge is 0.371 e. The molecule has 7 nitrogen and oxygen atoms in total. The molecule has 0 unspecified atom stereocenters.